The number of rotatable bonds is 4. The van der Waals surface area contributed by atoms with Crippen molar-refractivity contribution in [1.82, 2.24) is 10.3 Å². The number of anilines is 1. The van der Waals surface area contributed by atoms with Crippen molar-refractivity contribution in [2.45, 2.75) is 45.1 Å². The Morgan fingerprint density at radius 1 is 1.42 bits per heavy atom. The molecule has 1 aromatic heterocycles. The maximum absolute atomic E-state index is 12.1. The van der Waals surface area contributed by atoms with Crippen LogP contribution in [0.4, 0.5) is 5.69 Å². The van der Waals surface area contributed by atoms with E-state index in [1.165, 1.54) is 32.1 Å². The fourth-order valence-electron chi connectivity index (χ4n) is 2.68. The lowest BCUT2D eigenvalue weighted by molar-refractivity contribution is 0.0914. The molecular formula is C14H22N4O. The molecule has 5 heteroatoms. The van der Waals surface area contributed by atoms with E-state index in [1.807, 2.05) is 0 Å². The van der Waals surface area contributed by atoms with Crippen molar-refractivity contribution < 1.29 is 4.79 Å². The van der Waals surface area contributed by atoms with E-state index in [4.69, 9.17) is 5.84 Å². The molecular weight excluding hydrogens is 240 g/mol. The minimum Gasteiger partial charge on any atom is -0.348 e. The summed E-state index contributed by atoms with van der Waals surface area (Å²) in [4.78, 5) is 16.2. The number of aromatic nitrogens is 1. The number of carbonyl (C=O) groups excluding carboxylic acids is 1. The van der Waals surface area contributed by atoms with Crippen molar-refractivity contribution in [2.75, 3.05) is 5.43 Å². The number of nitrogens with one attached hydrogen (secondary N) is 2. The van der Waals surface area contributed by atoms with Crippen molar-refractivity contribution in [3.63, 3.8) is 0 Å². The zero-order chi connectivity index (χ0) is 13.7. The first-order valence-electron chi connectivity index (χ1n) is 6.94. The summed E-state index contributed by atoms with van der Waals surface area (Å²) in [5.74, 6) is 5.79. The number of nitrogen functional groups attached to an aromatic ring is 1. The van der Waals surface area contributed by atoms with Crippen molar-refractivity contribution in [2.24, 2.45) is 11.8 Å². The second-order valence-corrected chi connectivity index (χ2v) is 5.23. The van der Waals surface area contributed by atoms with Crippen LogP contribution < -0.4 is 16.6 Å². The van der Waals surface area contributed by atoms with Gasteiger partial charge < -0.3 is 10.7 Å². The van der Waals surface area contributed by atoms with E-state index in [2.05, 4.69) is 22.7 Å². The highest BCUT2D eigenvalue weighted by molar-refractivity contribution is 5.93. The molecule has 19 heavy (non-hydrogen) atoms. The number of hydrogen-bond acceptors (Lipinski definition) is 4. The van der Waals surface area contributed by atoms with Crippen molar-refractivity contribution in [3.8, 4) is 0 Å². The summed E-state index contributed by atoms with van der Waals surface area (Å²) < 4.78 is 0. The number of amides is 1. The van der Waals surface area contributed by atoms with Gasteiger partial charge in [0.05, 0.1) is 5.69 Å². The maximum atomic E-state index is 12.1. The third kappa shape index (κ3) is 3.67. The van der Waals surface area contributed by atoms with E-state index in [0.29, 0.717) is 17.3 Å². The van der Waals surface area contributed by atoms with Crippen LogP contribution in [0.5, 0.6) is 0 Å². The van der Waals surface area contributed by atoms with Gasteiger partial charge in [-0.3, -0.25) is 15.6 Å². The van der Waals surface area contributed by atoms with Crippen LogP contribution in [0.2, 0.25) is 0 Å². The molecule has 2 rings (SSSR count). The summed E-state index contributed by atoms with van der Waals surface area (Å²) in [5, 5.41) is 3.05. The van der Waals surface area contributed by atoms with Crippen molar-refractivity contribution >= 4 is 11.6 Å². The lowest BCUT2D eigenvalue weighted by Crippen LogP contribution is -2.39. The molecule has 1 aromatic rings. The van der Waals surface area contributed by atoms with Gasteiger partial charge in [-0.05, 0) is 37.8 Å². The molecule has 1 unspecified atom stereocenters. The minimum absolute atomic E-state index is 0.129. The van der Waals surface area contributed by atoms with Crippen LogP contribution in [0.25, 0.3) is 0 Å². The Bertz CT molecular complexity index is 429. The van der Waals surface area contributed by atoms with E-state index in [1.54, 1.807) is 18.3 Å². The Morgan fingerprint density at radius 2 is 2.16 bits per heavy atom. The average molecular weight is 262 g/mol. The zero-order valence-corrected chi connectivity index (χ0v) is 11.4. The Balaban J connectivity index is 1.95. The molecule has 4 N–H and O–H groups in total. The fourth-order valence-corrected chi connectivity index (χ4v) is 2.68. The van der Waals surface area contributed by atoms with E-state index in [0.717, 1.165) is 0 Å². The second-order valence-electron chi connectivity index (χ2n) is 5.23. The highest BCUT2D eigenvalue weighted by atomic mass is 16.1. The summed E-state index contributed by atoms with van der Waals surface area (Å²) in [6.45, 7) is 2.08. The summed E-state index contributed by atoms with van der Waals surface area (Å²) in [7, 11) is 0. The Morgan fingerprint density at radius 3 is 2.84 bits per heavy atom. The number of carbonyl (C=O) groups is 1. The van der Waals surface area contributed by atoms with E-state index < -0.39 is 0 Å². The number of pyridine rings is 1. The largest absolute Gasteiger partial charge is 0.348 e. The number of hydrogen-bond donors (Lipinski definition) is 3. The van der Waals surface area contributed by atoms with Crippen LogP contribution in [0.15, 0.2) is 18.3 Å². The minimum atomic E-state index is -0.129. The van der Waals surface area contributed by atoms with Gasteiger partial charge in [0.1, 0.15) is 5.69 Å². The Kier molecular flexibility index (Phi) is 4.74. The molecule has 0 spiro atoms. The summed E-state index contributed by atoms with van der Waals surface area (Å²) >= 11 is 0. The molecule has 1 aliphatic carbocycles. The SMILES string of the molecule is CC(NC(=O)c1cc(NN)ccn1)C1CCCCC1. The molecule has 1 heterocycles. The summed E-state index contributed by atoms with van der Waals surface area (Å²) in [6, 6.07) is 3.58. The molecule has 5 nitrogen and oxygen atoms in total. The first-order chi connectivity index (χ1) is 9.20. The molecule has 0 aromatic carbocycles. The molecule has 0 saturated heterocycles. The third-order valence-corrected chi connectivity index (χ3v) is 3.87. The van der Waals surface area contributed by atoms with Gasteiger partial charge in [0.2, 0.25) is 0 Å². The predicted molar refractivity (Wildman–Crippen MR) is 75.6 cm³/mol. The average Bonchev–Trinajstić information content (AvgIpc) is 2.48. The van der Waals surface area contributed by atoms with Crippen molar-refractivity contribution in [3.05, 3.63) is 24.0 Å². The van der Waals surface area contributed by atoms with Gasteiger partial charge in [0.25, 0.3) is 5.91 Å². The molecule has 1 saturated carbocycles. The molecule has 0 bridgehead atoms. The van der Waals surface area contributed by atoms with Gasteiger partial charge in [-0.15, -0.1) is 0 Å². The molecule has 1 atom stereocenters. The van der Waals surface area contributed by atoms with Gasteiger partial charge in [0, 0.05) is 12.2 Å². The van der Waals surface area contributed by atoms with E-state index in [-0.39, 0.29) is 11.9 Å². The Labute approximate surface area is 114 Å². The Hall–Kier alpha value is -1.62. The molecule has 0 aliphatic heterocycles. The zero-order valence-electron chi connectivity index (χ0n) is 11.4. The van der Waals surface area contributed by atoms with Gasteiger partial charge >= 0.3 is 0 Å². The monoisotopic (exact) mass is 262 g/mol. The van der Waals surface area contributed by atoms with E-state index >= 15 is 0 Å². The smallest absolute Gasteiger partial charge is 0.270 e. The summed E-state index contributed by atoms with van der Waals surface area (Å²) in [6.07, 6.45) is 7.86. The normalized spacial score (nSPS) is 17.8. The standard InChI is InChI=1S/C14H22N4O/c1-10(11-5-3-2-4-6-11)17-14(19)13-9-12(18-15)7-8-16-13/h7-11H,2-6,15H2,1H3,(H,16,18)(H,17,19). The fraction of sp³-hybridized carbons (Fsp3) is 0.571. The maximum Gasteiger partial charge on any atom is 0.270 e. The van der Waals surface area contributed by atoms with Gasteiger partial charge in [0.15, 0.2) is 0 Å². The quantitative estimate of drug-likeness (QED) is 0.573. The van der Waals surface area contributed by atoms with Crippen LogP contribution in [0.3, 0.4) is 0 Å². The molecule has 0 radical (unpaired) electrons. The van der Waals surface area contributed by atoms with Gasteiger partial charge in [-0.2, -0.15) is 0 Å². The molecule has 1 amide bonds. The first kappa shape index (κ1) is 13.8. The van der Waals surface area contributed by atoms with Gasteiger partial charge in [-0.1, -0.05) is 19.3 Å². The lowest BCUT2D eigenvalue weighted by atomic mass is 9.84. The van der Waals surface area contributed by atoms with Crippen molar-refractivity contribution in [1.29, 1.82) is 0 Å². The second kappa shape index (κ2) is 6.52. The van der Waals surface area contributed by atoms with Crippen LogP contribution in [0, 0.1) is 5.92 Å². The van der Waals surface area contributed by atoms with Crippen LogP contribution in [0.1, 0.15) is 49.5 Å². The van der Waals surface area contributed by atoms with Crippen LogP contribution in [-0.2, 0) is 0 Å². The number of hydrazine groups is 1. The molecule has 1 aliphatic rings. The number of nitrogens with two attached hydrogens (primary N) is 1. The summed E-state index contributed by atoms with van der Waals surface area (Å²) in [5.41, 5.74) is 3.61. The highest BCUT2D eigenvalue weighted by Gasteiger charge is 2.22. The molecule has 104 valence electrons. The van der Waals surface area contributed by atoms with Crippen LogP contribution >= 0.6 is 0 Å². The van der Waals surface area contributed by atoms with Gasteiger partial charge in [-0.25, -0.2) is 0 Å². The topological polar surface area (TPSA) is 80.0 Å². The first-order valence-corrected chi connectivity index (χ1v) is 6.94. The predicted octanol–water partition coefficient (Wildman–Crippen LogP) is 2.07. The molecule has 1 fully saturated rings. The van der Waals surface area contributed by atoms with E-state index in [9.17, 15) is 4.79 Å². The third-order valence-electron chi connectivity index (χ3n) is 3.87. The number of nitrogens with zero attached hydrogens (tertiary/aromatic N) is 1. The lowest BCUT2D eigenvalue weighted by Gasteiger charge is -2.28. The van der Waals surface area contributed by atoms with Crippen LogP contribution in [-0.4, -0.2) is 16.9 Å². The highest BCUT2D eigenvalue weighted by Crippen LogP contribution is 2.26.